The van der Waals surface area contributed by atoms with Gasteiger partial charge >= 0.3 is 0 Å². The summed E-state index contributed by atoms with van der Waals surface area (Å²) < 4.78 is 0. The van der Waals surface area contributed by atoms with Gasteiger partial charge in [0.25, 0.3) is 5.91 Å². The van der Waals surface area contributed by atoms with Crippen LogP contribution in [0.5, 0.6) is 0 Å². The van der Waals surface area contributed by atoms with Crippen molar-refractivity contribution in [2.75, 3.05) is 33.7 Å². The predicted molar refractivity (Wildman–Crippen MR) is 98.9 cm³/mol. The summed E-state index contributed by atoms with van der Waals surface area (Å²) in [6, 6.07) is 18.1. The molecule has 0 saturated carbocycles. The Hall–Kier alpha value is -2.17. The van der Waals surface area contributed by atoms with Crippen LogP contribution >= 0.6 is 0 Å². The van der Waals surface area contributed by atoms with E-state index in [4.69, 9.17) is 5.73 Å². The Kier molecular flexibility index (Phi) is 6.97. The van der Waals surface area contributed by atoms with Crippen LogP contribution in [0.15, 0.2) is 54.6 Å². The molecule has 4 nitrogen and oxygen atoms in total. The molecule has 0 spiro atoms. The van der Waals surface area contributed by atoms with Gasteiger partial charge in [0.2, 0.25) is 0 Å². The molecule has 0 fully saturated rings. The Morgan fingerprint density at radius 1 is 0.958 bits per heavy atom. The second-order valence-corrected chi connectivity index (χ2v) is 6.25. The molecule has 0 saturated heterocycles. The molecule has 0 aliphatic rings. The SMILES string of the molecule is CN(C)Cc1cccc(C(=O)N(CCN)CCc2ccccc2)c1. The molecule has 4 heteroatoms. The van der Waals surface area contributed by atoms with Gasteiger partial charge < -0.3 is 15.5 Å². The van der Waals surface area contributed by atoms with E-state index in [1.54, 1.807) is 0 Å². The van der Waals surface area contributed by atoms with E-state index in [1.165, 1.54) is 5.56 Å². The molecule has 2 N–H and O–H groups in total. The number of carbonyl (C=O) groups excluding carboxylic acids is 1. The first-order valence-corrected chi connectivity index (χ1v) is 8.37. The fraction of sp³-hybridized carbons (Fsp3) is 0.350. The molecule has 0 bridgehead atoms. The zero-order valence-electron chi connectivity index (χ0n) is 14.6. The van der Waals surface area contributed by atoms with Gasteiger partial charge in [-0.1, -0.05) is 42.5 Å². The van der Waals surface area contributed by atoms with E-state index in [0.29, 0.717) is 19.6 Å². The molecule has 1 amide bonds. The van der Waals surface area contributed by atoms with Gasteiger partial charge in [0, 0.05) is 31.7 Å². The van der Waals surface area contributed by atoms with Gasteiger partial charge in [0.05, 0.1) is 0 Å². The van der Waals surface area contributed by atoms with E-state index < -0.39 is 0 Å². The summed E-state index contributed by atoms with van der Waals surface area (Å²) in [5.74, 6) is 0.0528. The molecule has 2 rings (SSSR count). The van der Waals surface area contributed by atoms with Crippen LogP contribution in [0.25, 0.3) is 0 Å². The number of carbonyl (C=O) groups is 1. The van der Waals surface area contributed by atoms with Gasteiger partial charge in [-0.3, -0.25) is 4.79 Å². The molecule has 2 aromatic rings. The lowest BCUT2D eigenvalue weighted by Crippen LogP contribution is -2.37. The monoisotopic (exact) mass is 325 g/mol. The fourth-order valence-electron chi connectivity index (χ4n) is 2.73. The second-order valence-electron chi connectivity index (χ2n) is 6.25. The van der Waals surface area contributed by atoms with Crippen molar-refractivity contribution in [3.63, 3.8) is 0 Å². The topological polar surface area (TPSA) is 49.6 Å². The minimum Gasteiger partial charge on any atom is -0.337 e. The average Bonchev–Trinajstić information content (AvgIpc) is 2.58. The second kappa shape index (κ2) is 9.21. The number of hydrogen-bond acceptors (Lipinski definition) is 3. The highest BCUT2D eigenvalue weighted by Gasteiger charge is 2.15. The Morgan fingerprint density at radius 3 is 2.33 bits per heavy atom. The fourth-order valence-corrected chi connectivity index (χ4v) is 2.73. The van der Waals surface area contributed by atoms with Gasteiger partial charge in [-0.15, -0.1) is 0 Å². The molecule has 0 aliphatic carbocycles. The van der Waals surface area contributed by atoms with E-state index in [9.17, 15) is 4.79 Å². The maximum atomic E-state index is 12.9. The molecular formula is C20H27N3O. The van der Waals surface area contributed by atoms with E-state index >= 15 is 0 Å². The Bertz CT molecular complexity index is 640. The number of nitrogens with two attached hydrogens (primary N) is 1. The van der Waals surface area contributed by atoms with E-state index in [2.05, 4.69) is 17.0 Å². The summed E-state index contributed by atoms with van der Waals surface area (Å²) in [6.45, 7) is 2.54. The number of rotatable bonds is 8. The Labute approximate surface area is 144 Å². The van der Waals surface area contributed by atoms with Crippen molar-refractivity contribution in [1.29, 1.82) is 0 Å². The van der Waals surface area contributed by atoms with Crippen molar-refractivity contribution >= 4 is 5.91 Å². The highest BCUT2D eigenvalue weighted by molar-refractivity contribution is 5.94. The number of amides is 1. The molecule has 0 atom stereocenters. The third kappa shape index (κ3) is 5.48. The maximum absolute atomic E-state index is 12.9. The molecule has 24 heavy (non-hydrogen) atoms. The van der Waals surface area contributed by atoms with Crippen molar-refractivity contribution in [1.82, 2.24) is 9.80 Å². The molecule has 128 valence electrons. The Morgan fingerprint density at radius 2 is 1.67 bits per heavy atom. The lowest BCUT2D eigenvalue weighted by atomic mass is 10.1. The standard InChI is InChI=1S/C20H27N3O/c1-22(2)16-18-9-6-10-19(15-18)20(24)23(14-12-21)13-11-17-7-4-3-5-8-17/h3-10,15H,11-14,16,21H2,1-2H3. The van der Waals surface area contributed by atoms with Crippen LogP contribution in [0.4, 0.5) is 0 Å². The van der Waals surface area contributed by atoms with Crippen molar-refractivity contribution in [2.24, 2.45) is 5.73 Å². The summed E-state index contributed by atoms with van der Waals surface area (Å²) >= 11 is 0. The van der Waals surface area contributed by atoms with Crippen LogP contribution in [0, 0.1) is 0 Å². The van der Waals surface area contributed by atoms with Crippen molar-refractivity contribution < 1.29 is 4.79 Å². The lowest BCUT2D eigenvalue weighted by Gasteiger charge is -2.22. The van der Waals surface area contributed by atoms with Gasteiger partial charge in [-0.25, -0.2) is 0 Å². The van der Waals surface area contributed by atoms with Crippen LogP contribution in [0.3, 0.4) is 0 Å². The minimum atomic E-state index is 0.0528. The first-order valence-electron chi connectivity index (χ1n) is 8.37. The highest BCUT2D eigenvalue weighted by Crippen LogP contribution is 2.11. The van der Waals surface area contributed by atoms with Crippen LogP contribution in [0.1, 0.15) is 21.5 Å². The average molecular weight is 325 g/mol. The summed E-state index contributed by atoms with van der Waals surface area (Å²) in [7, 11) is 4.05. The zero-order valence-corrected chi connectivity index (χ0v) is 14.6. The molecule has 0 aromatic heterocycles. The largest absolute Gasteiger partial charge is 0.337 e. The maximum Gasteiger partial charge on any atom is 0.253 e. The van der Waals surface area contributed by atoms with Gasteiger partial charge in [-0.05, 0) is 43.8 Å². The molecule has 0 heterocycles. The smallest absolute Gasteiger partial charge is 0.253 e. The first-order chi connectivity index (χ1) is 11.6. The van der Waals surface area contributed by atoms with Crippen LogP contribution in [0.2, 0.25) is 0 Å². The summed E-state index contributed by atoms with van der Waals surface area (Å²) in [4.78, 5) is 16.8. The summed E-state index contributed by atoms with van der Waals surface area (Å²) in [5, 5.41) is 0. The lowest BCUT2D eigenvalue weighted by molar-refractivity contribution is 0.0762. The number of benzene rings is 2. The molecule has 0 unspecified atom stereocenters. The number of hydrogen-bond donors (Lipinski definition) is 1. The molecule has 2 aromatic carbocycles. The van der Waals surface area contributed by atoms with Crippen molar-refractivity contribution in [3.05, 3.63) is 71.3 Å². The van der Waals surface area contributed by atoms with E-state index in [0.717, 1.165) is 24.1 Å². The quantitative estimate of drug-likeness (QED) is 0.811. The normalized spacial score (nSPS) is 10.8. The van der Waals surface area contributed by atoms with Crippen molar-refractivity contribution in [2.45, 2.75) is 13.0 Å². The third-order valence-corrected chi connectivity index (χ3v) is 3.87. The minimum absolute atomic E-state index is 0.0528. The first kappa shape index (κ1) is 18.2. The van der Waals surface area contributed by atoms with E-state index in [1.807, 2.05) is 61.5 Å². The van der Waals surface area contributed by atoms with Crippen LogP contribution in [-0.2, 0) is 13.0 Å². The van der Waals surface area contributed by atoms with Gasteiger partial charge in [-0.2, -0.15) is 0 Å². The van der Waals surface area contributed by atoms with E-state index in [-0.39, 0.29) is 5.91 Å². The highest BCUT2D eigenvalue weighted by atomic mass is 16.2. The third-order valence-electron chi connectivity index (χ3n) is 3.87. The number of nitrogens with zero attached hydrogens (tertiary/aromatic N) is 2. The molecule has 0 aliphatic heterocycles. The van der Waals surface area contributed by atoms with Gasteiger partial charge in [0.1, 0.15) is 0 Å². The predicted octanol–water partition coefficient (Wildman–Crippen LogP) is 2.39. The Balaban J connectivity index is 2.07. The summed E-state index contributed by atoms with van der Waals surface area (Å²) in [6.07, 6.45) is 0.837. The van der Waals surface area contributed by atoms with Crippen LogP contribution in [-0.4, -0.2) is 49.4 Å². The van der Waals surface area contributed by atoms with Gasteiger partial charge in [0.15, 0.2) is 0 Å². The van der Waals surface area contributed by atoms with Crippen molar-refractivity contribution in [3.8, 4) is 0 Å². The molecule has 0 radical (unpaired) electrons. The molecular weight excluding hydrogens is 298 g/mol. The summed E-state index contributed by atoms with van der Waals surface area (Å²) in [5.41, 5.74) is 8.81. The zero-order chi connectivity index (χ0) is 17.4. The van der Waals surface area contributed by atoms with Crippen LogP contribution < -0.4 is 5.73 Å².